The SMILES string of the molecule is C=CCNC(=O)CNc1cccc(OCCOc2ccccc2)c1. The van der Waals surface area contributed by atoms with Crippen LogP contribution in [0, 0.1) is 0 Å². The van der Waals surface area contributed by atoms with Gasteiger partial charge in [-0.1, -0.05) is 30.3 Å². The molecule has 2 rings (SSSR count). The summed E-state index contributed by atoms with van der Waals surface area (Å²) < 4.78 is 11.2. The van der Waals surface area contributed by atoms with Gasteiger partial charge in [0.2, 0.25) is 5.91 Å². The van der Waals surface area contributed by atoms with Crippen LogP contribution in [0.3, 0.4) is 0 Å². The second-order valence-corrected chi connectivity index (χ2v) is 4.98. The van der Waals surface area contributed by atoms with Crippen molar-refractivity contribution in [3.8, 4) is 11.5 Å². The zero-order valence-electron chi connectivity index (χ0n) is 13.5. The number of rotatable bonds is 10. The molecule has 0 bridgehead atoms. The van der Waals surface area contributed by atoms with Crippen LogP contribution in [0.5, 0.6) is 11.5 Å². The number of carbonyl (C=O) groups excluding carboxylic acids is 1. The van der Waals surface area contributed by atoms with Crippen molar-refractivity contribution in [1.82, 2.24) is 5.32 Å². The molecule has 24 heavy (non-hydrogen) atoms. The van der Waals surface area contributed by atoms with Crippen LogP contribution in [-0.4, -0.2) is 32.2 Å². The smallest absolute Gasteiger partial charge is 0.239 e. The molecule has 5 nitrogen and oxygen atoms in total. The fourth-order valence-corrected chi connectivity index (χ4v) is 1.96. The Hall–Kier alpha value is -2.95. The monoisotopic (exact) mass is 326 g/mol. The molecule has 0 aliphatic carbocycles. The van der Waals surface area contributed by atoms with Crippen LogP contribution in [0.1, 0.15) is 0 Å². The number of nitrogens with one attached hydrogen (secondary N) is 2. The van der Waals surface area contributed by atoms with Crippen LogP contribution in [0.15, 0.2) is 67.3 Å². The van der Waals surface area contributed by atoms with E-state index in [-0.39, 0.29) is 12.5 Å². The Labute approximate surface area is 142 Å². The summed E-state index contributed by atoms with van der Waals surface area (Å²) in [6, 6.07) is 17.1. The zero-order valence-corrected chi connectivity index (χ0v) is 13.5. The lowest BCUT2D eigenvalue weighted by Gasteiger charge is -2.10. The van der Waals surface area contributed by atoms with Gasteiger partial charge < -0.3 is 20.1 Å². The first-order chi connectivity index (χ1) is 11.8. The third-order valence-electron chi connectivity index (χ3n) is 3.09. The van der Waals surface area contributed by atoms with Crippen LogP contribution in [0.25, 0.3) is 0 Å². The van der Waals surface area contributed by atoms with Crippen molar-refractivity contribution in [3.05, 3.63) is 67.3 Å². The van der Waals surface area contributed by atoms with Crippen molar-refractivity contribution in [2.75, 3.05) is 31.6 Å². The molecule has 2 aromatic rings. The van der Waals surface area contributed by atoms with Crippen molar-refractivity contribution in [2.45, 2.75) is 0 Å². The number of amides is 1. The van der Waals surface area contributed by atoms with Gasteiger partial charge in [0.15, 0.2) is 0 Å². The van der Waals surface area contributed by atoms with E-state index >= 15 is 0 Å². The quantitative estimate of drug-likeness (QED) is 0.521. The maximum absolute atomic E-state index is 11.5. The highest BCUT2D eigenvalue weighted by Gasteiger charge is 2.01. The predicted molar refractivity (Wildman–Crippen MR) is 95.6 cm³/mol. The normalized spacial score (nSPS) is 9.83. The van der Waals surface area contributed by atoms with Crippen LogP contribution >= 0.6 is 0 Å². The van der Waals surface area contributed by atoms with Crippen molar-refractivity contribution < 1.29 is 14.3 Å². The van der Waals surface area contributed by atoms with Gasteiger partial charge in [0, 0.05) is 18.3 Å². The topological polar surface area (TPSA) is 59.6 Å². The summed E-state index contributed by atoms with van der Waals surface area (Å²) in [4.78, 5) is 11.5. The molecule has 0 aliphatic heterocycles. The highest BCUT2D eigenvalue weighted by Crippen LogP contribution is 2.17. The summed E-state index contributed by atoms with van der Waals surface area (Å²) in [6.07, 6.45) is 1.64. The summed E-state index contributed by atoms with van der Waals surface area (Å²) in [5.41, 5.74) is 0.824. The molecule has 5 heteroatoms. The largest absolute Gasteiger partial charge is 0.490 e. The maximum atomic E-state index is 11.5. The lowest BCUT2D eigenvalue weighted by atomic mass is 10.3. The highest BCUT2D eigenvalue weighted by molar-refractivity contribution is 5.80. The molecule has 1 amide bonds. The second-order valence-electron chi connectivity index (χ2n) is 4.98. The van der Waals surface area contributed by atoms with Gasteiger partial charge in [-0.25, -0.2) is 0 Å². The van der Waals surface area contributed by atoms with Gasteiger partial charge in [0.25, 0.3) is 0 Å². The van der Waals surface area contributed by atoms with Gasteiger partial charge in [-0.15, -0.1) is 6.58 Å². The summed E-state index contributed by atoms with van der Waals surface area (Å²) in [7, 11) is 0. The lowest BCUT2D eigenvalue weighted by Crippen LogP contribution is -2.29. The van der Waals surface area contributed by atoms with Crippen LogP contribution in [0.2, 0.25) is 0 Å². The van der Waals surface area contributed by atoms with Crippen LogP contribution in [-0.2, 0) is 4.79 Å². The van der Waals surface area contributed by atoms with E-state index in [0.717, 1.165) is 17.2 Å². The third-order valence-corrected chi connectivity index (χ3v) is 3.09. The summed E-state index contributed by atoms with van der Waals surface area (Å²) in [5, 5.41) is 5.76. The molecule has 0 saturated carbocycles. The Bertz CT molecular complexity index is 644. The number of carbonyl (C=O) groups is 1. The molecule has 0 unspecified atom stereocenters. The molecule has 0 fully saturated rings. The van der Waals surface area contributed by atoms with Gasteiger partial charge in [-0.2, -0.15) is 0 Å². The molecule has 126 valence electrons. The molecule has 0 radical (unpaired) electrons. The van der Waals surface area contributed by atoms with Gasteiger partial charge in [-0.3, -0.25) is 4.79 Å². The standard InChI is InChI=1S/C19H22N2O3/c1-2-11-20-19(22)15-21-16-7-6-10-18(14-16)24-13-12-23-17-8-4-3-5-9-17/h2-10,14,21H,1,11-13,15H2,(H,20,22). The molecular weight excluding hydrogens is 304 g/mol. The van der Waals surface area contributed by atoms with E-state index in [0.29, 0.717) is 19.8 Å². The molecule has 0 atom stereocenters. The third kappa shape index (κ3) is 6.44. The van der Waals surface area contributed by atoms with E-state index in [1.807, 2.05) is 54.6 Å². The fraction of sp³-hybridized carbons (Fsp3) is 0.211. The average Bonchev–Trinajstić information content (AvgIpc) is 2.63. The number of para-hydroxylation sites is 1. The number of hydrogen-bond donors (Lipinski definition) is 2. The second kappa shape index (κ2) is 9.94. The minimum atomic E-state index is -0.0857. The molecule has 0 aromatic heterocycles. The summed E-state index contributed by atoms with van der Waals surface area (Å²) >= 11 is 0. The Morgan fingerprint density at radius 3 is 2.46 bits per heavy atom. The van der Waals surface area contributed by atoms with E-state index in [4.69, 9.17) is 9.47 Å². The minimum absolute atomic E-state index is 0.0857. The molecule has 0 aliphatic rings. The Balaban J connectivity index is 1.72. The molecular formula is C19H22N2O3. The zero-order chi connectivity index (χ0) is 17.0. The van der Waals surface area contributed by atoms with Crippen molar-refractivity contribution >= 4 is 11.6 Å². The number of hydrogen-bond acceptors (Lipinski definition) is 4. The summed E-state index contributed by atoms with van der Waals surface area (Å²) in [5.74, 6) is 1.46. The van der Waals surface area contributed by atoms with Gasteiger partial charge in [-0.05, 0) is 24.3 Å². The molecule has 0 saturated heterocycles. The highest BCUT2D eigenvalue weighted by atomic mass is 16.5. The predicted octanol–water partition coefficient (Wildman–Crippen LogP) is 2.86. The van der Waals surface area contributed by atoms with Gasteiger partial charge in [0.05, 0.1) is 6.54 Å². The Morgan fingerprint density at radius 2 is 1.71 bits per heavy atom. The van der Waals surface area contributed by atoms with Crippen molar-refractivity contribution in [1.29, 1.82) is 0 Å². The minimum Gasteiger partial charge on any atom is -0.490 e. The van der Waals surface area contributed by atoms with Crippen LogP contribution < -0.4 is 20.1 Å². The van der Waals surface area contributed by atoms with Crippen molar-refractivity contribution in [2.24, 2.45) is 0 Å². The van der Waals surface area contributed by atoms with E-state index in [2.05, 4.69) is 17.2 Å². The van der Waals surface area contributed by atoms with E-state index in [1.54, 1.807) is 6.08 Å². The first-order valence-corrected chi connectivity index (χ1v) is 7.80. The molecule has 0 heterocycles. The maximum Gasteiger partial charge on any atom is 0.239 e. The van der Waals surface area contributed by atoms with Gasteiger partial charge in [0.1, 0.15) is 24.7 Å². The van der Waals surface area contributed by atoms with Crippen molar-refractivity contribution in [3.63, 3.8) is 0 Å². The van der Waals surface area contributed by atoms with E-state index in [9.17, 15) is 4.79 Å². The van der Waals surface area contributed by atoms with E-state index in [1.165, 1.54) is 0 Å². The average molecular weight is 326 g/mol. The molecule has 2 N–H and O–H groups in total. The summed E-state index contributed by atoms with van der Waals surface area (Å²) in [6.45, 7) is 5.13. The first-order valence-electron chi connectivity index (χ1n) is 7.80. The number of ether oxygens (including phenoxy) is 2. The molecule has 0 spiro atoms. The van der Waals surface area contributed by atoms with E-state index < -0.39 is 0 Å². The Kier molecular flexibility index (Phi) is 7.21. The molecule has 2 aromatic carbocycles. The Morgan fingerprint density at radius 1 is 1.00 bits per heavy atom. The van der Waals surface area contributed by atoms with Gasteiger partial charge >= 0.3 is 0 Å². The number of anilines is 1. The fourth-order valence-electron chi connectivity index (χ4n) is 1.96. The lowest BCUT2D eigenvalue weighted by molar-refractivity contribution is -0.119. The van der Waals surface area contributed by atoms with Crippen LogP contribution in [0.4, 0.5) is 5.69 Å². The first kappa shape index (κ1) is 17.4. The number of benzene rings is 2.